The van der Waals surface area contributed by atoms with Gasteiger partial charge in [0, 0.05) is 6.20 Å². The minimum absolute atomic E-state index is 0.0277. The molecule has 0 aliphatic heterocycles. The van der Waals surface area contributed by atoms with E-state index < -0.39 is 0 Å². The summed E-state index contributed by atoms with van der Waals surface area (Å²) >= 11 is 9.27. The van der Waals surface area contributed by atoms with Crippen molar-refractivity contribution < 1.29 is 4.74 Å². The molecule has 0 aliphatic rings. The van der Waals surface area contributed by atoms with Crippen LogP contribution in [0.15, 0.2) is 41.0 Å². The Hall–Kier alpha value is -1.14. The van der Waals surface area contributed by atoms with Gasteiger partial charge in [-0.1, -0.05) is 23.7 Å². The molecule has 2 rings (SSSR count). The van der Waals surface area contributed by atoms with E-state index in [1.165, 1.54) is 0 Å². The van der Waals surface area contributed by atoms with Gasteiger partial charge in [-0.25, -0.2) is 4.98 Å². The first kappa shape index (κ1) is 15.3. The number of methoxy groups -OCH3 is 1. The normalized spacial score (nSPS) is 12.2. The van der Waals surface area contributed by atoms with E-state index in [1.807, 2.05) is 24.3 Å². The molecule has 106 valence electrons. The highest BCUT2D eigenvalue weighted by Crippen LogP contribution is 2.27. The molecule has 6 heteroatoms. The fourth-order valence-corrected chi connectivity index (χ4v) is 2.64. The highest BCUT2D eigenvalue weighted by atomic mass is 79.9. The Bertz CT molecular complexity index is 577. The SMILES string of the molecule is COc1ccc(CC(NN)c2ccc(Cl)nc2)cc1Br. The van der Waals surface area contributed by atoms with Gasteiger partial charge >= 0.3 is 0 Å². The van der Waals surface area contributed by atoms with Crippen molar-refractivity contribution >= 4 is 27.5 Å². The number of ether oxygens (including phenoxy) is 1. The molecule has 0 spiro atoms. The van der Waals surface area contributed by atoms with E-state index >= 15 is 0 Å². The standard InChI is InChI=1S/C14H15BrClN3O/c1-20-13-4-2-9(6-11(13)15)7-12(19-17)10-3-5-14(16)18-8-10/h2-6,8,12,19H,7,17H2,1H3. The van der Waals surface area contributed by atoms with Crippen molar-refractivity contribution in [2.24, 2.45) is 5.84 Å². The Morgan fingerprint density at radius 1 is 1.40 bits per heavy atom. The zero-order valence-electron chi connectivity index (χ0n) is 10.9. The smallest absolute Gasteiger partial charge is 0.133 e. The van der Waals surface area contributed by atoms with Gasteiger partial charge < -0.3 is 4.74 Å². The summed E-state index contributed by atoms with van der Waals surface area (Å²) in [5.74, 6) is 6.44. The number of hydrazine groups is 1. The summed E-state index contributed by atoms with van der Waals surface area (Å²) in [6, 6.07) is 9.60. The maximum Gasteiger partial charge on any atom is 0.133 e. The predicted octanol–water partition coefficient (Wildman–Crippen LogP) is 3.25. The quantitative estimate of drug-likeness (QED) is 0.490. The van der Waals surface area contributed by atoms with Gasteiger partial charge in [-0.05, 0) is 51.7 Å². The summed E-state index contributed by atoms with van der Waals surface area (Å²) in [6.07, 6.45) is 2.47. The van der Waals surface area contributed by atoms with Crippen LogP contribution in [-0.2, 0) is 6.42 Å². The van der Waals surface area contributed by atoms with E-state index in [-0.39, 0.29) is 6.04 Å². The third-order valence-corrected chi connectivity index (χ3v) is 3.85. The van der Waals surface area contributed by atoms with E-state index in [0.717, 1.165) is 27.8 Å². The zero-order valence-corrected chi connectivity index (χ0v) is 13.3. The average Bonchev–Trinajstić information content (AvgIpc) is 2.46. The van der Waals surface area contributed by atoms with Crippen LogP contribution in [0.4, 0.5) is 0 Å². The van der Waals surface area contributed by atoms with Crippen molar-refractivity contribution in [3.63, 3.8) is 0 Å². The molecule has 0 bridgehead atoms. The summed E-state index contributed by atoms with van der Waals surface area (Å²) in [5.41, 5.74) is 4.93. The number of nitrogens with two attached hydrogens (primary N) is 1. The second kappa shape index (κ2) is 7.04. The fourth-order valence-electron chi connectivity index (χ4n) is 1.94. The highest BCUT2D eigenvalue weighted by molar-refractivity contribution is 9.10. The number of rotatable bonds is 5. The minimum atomic E-state index is -0.0277. The fraction of sp³-hybridized carbons (Fsp3) is 0.214. The lowest BCUT2D eigenvalue weighted by molar-refractivity contribution is 0.412. The van der Waals surface area contributed by atoms with Crippen LogP contribution in [-0.4, -0.2) is 12.1 Å². The molecule has 0 aliphatic carbocycles. The average molecular weight is 357 g/mol. The molecule has 1 aromatic heterocycles. The van der Waals surface area contributed by atoms with Crippen LogP contribution in [0.1, 0.15) is 17.2 Å². The number of hydrogen-bond donors (Lipinski definition) is 2. The lowest BCUT2D eigenvalue weighted by atomic mass is 10.0. The molecule has 20 heavy (non-hydrogen) atoms. The zero-order chi connectivity index (χ0) is 14.5. The van der Waals surface area contributed by atoms with Gasteiger partial charge in [0.15, 0.2) is 0 Å². The number of nitrogens with zero attached hydrogens (tertiary/aromatic N) is 1. The molecule has 0 saturated carbocycles. The first-order valence-corrected chi connectivity index (χ1v) is 7.21. The van der Waals surface area contributed by atoms with Crippen LogP contribution >= 0.6 is 27.5 Å². The summed E-state index contributed by atoms with van der Waals surface area (Å²) in [5, 5.41) is 0.469. The molecule has 1 unspecified atom stereocenters. The van der Waals surface area contributed by atoms with Crippen molar-refractivity contribution in [2.45, 2.75) is 12.5 Å². The molecule has 1 atom stereocenters. The van der Waals surface area contributed by atoms with Crippen molar-refractivity contribution in [2.75, 3.05) is 7.11 Å². The second-order valence-corrected chi connectivity index (χ2v) is 5.55. The van der Waals surface area contributed by atoms with Crippen LogP contribution in [0.25, 0.3) is 0 Å². The van der Waals surface area contributed by atoms with Gasteiger partial charge in [0.05, 0.1) is 17.6 Å². The van der Waals surface area contributed by atoms with Gasteiger partial charge in [-0.15, -0.1) is 0 Å². The van der Waals surface area contributed by atoms with Crippen LogP contribution in [0.5, 0.6) is 5.75 Å². The molecule has 0 radical (unpaired) electrons. The highest BCUT2D eigenvalue weighted by Gasteiger charge is 2.12. The lowest BCUT2D eigenvalue weighted by Gasteiger charge is -2.16. The number of halogens is 2. The molecule has 0 saturated heterocycles. The molecule has 0 amide bonds. The van der Waals surface area contributed by atoms with E-state index in [1.54, 1.807) is 19.4 Å². The summed E-state index contributed by atoms with van der Waals surface area (Å²) < 4.78 is 6.14. The van der Waals surface area contributed by atoms with Gasteiger partial charge in [-0.3, -0.25) is 11.3 Å². The van der Waals surface area contributed by atoms with Crippen molar-refractivity contribution in [1.82, 2.24) is 10.4 Å². The summed E-state index contributed by atoms with van der Waals surface area (Å²) in [7, 11) is 1.64. The van der Waals surface area contributed by atoms with Crippen LogP contribution in [0.2, 0.25) is 5.15 Å². The predicted molar refractivity (Wildman–Crippen MR) is 83.7 cm³/mol. The van der Waals surface area contributed by atoms with Gasteiger partial charge in [-0.2, -0.15) is 0 Å². The first-order chi connectivity index (χ1) is 9.63. The Morgan fingerprint density at radius 2 is 2.20 bits per heavy atom. The van der Waals surface area contributed by atoms with E-state index in [0.29, 0.717) is 5.15 Å². The van der Waals surface area contributed by atoms with Crippen molar-refractivity contribution in [3.05, 3.63) is 57.3 Å². The molecular weight excluding hydrogens is 342 g/mol. The van der Waals surface area contributed by atoms with Gasteiger partial charge in [0.25, 0.3) is 0 Å². The second-order valence-electron chi connectivity index (χ2n) is 4.31. The molecule has 4 nitrogen and oxygen atoms in total. The maximum atomic E-state index is 5.79. The molecular formula is C14H15BrClN3O. The van der Waals surface area contributed by atoms with Gasteiger partial charge in [0.1, 0.15) is 10.9 Å². The monoisotopic (exact) mass is 355 g/mol. The Kier molecular flexibility index (Phi) is 5.37. The Balaban J connectivity index is 2.17. The van der Waals surface area contributed by atoms with Crippen LogP contribution < -0.4 is 16.0 Å². The van der Waals surface area contributed by atoms with E-state index in [9.17, 15) is 0 Å². The van der Waals surface area contributed by atoms with E-state index in [4.69, 9.17) is 22.2 Å². The Labute approximate surface area is 131 Å². The number of hydrogen-bond acceptors (Lipinski definition) is 4. The molecule has 0 fully saturated rings. The number of aromatic nitrogens is 1. The van der Waals surface area contributed by atoms with Crippen LogP contribution in [0, 0.1) is 0 Å². The van der Waals surface area contributed by atoms with Crippen molar-refractivity contribution in [3.8, 4) is 5.75 Å². The molecule has 3 N–H and O–H groups in total. The van der Waals surface area contributed by atoms with Gasteiger partial charge in [0.2, 0.25) is 0 Å². The largest absolute Gasteiger partial charge is 0.496 e. The topological polar surface area (TPSA) is 60.2 Å². The molecule has 1 aromatic carbocycles. The first-order valence-electron chi connectivity index (χ1n) is 6.04. The lowest BCUT2D eigenvalue weighted by Crippen LogP contribution is -2.29. The number of benzene rings is 1. The third kappa shape index (κ3) is 3.70. The molecule has 2 aromatic rings. The maximum absolute atomic E-state index is 5.79. The number of nitrogens with one attached hydrogen (secondary N) is 1. The minimum Gasteiger partial charge on any atom is -0.496 e. The molecule has 1 heterocycles. The van der Waals surface area contributed by atoms with E-state index in [2.05, 4.69) is 26.3 Å². The number of pyridine rings is 1. The third-order valence-electron chi connectivity index (χ3n) is 3.01. The van der Waals surface area contributed by atoms with Crippen molar-refractivity contribution in [1.29, 1.82) is 0 Å². The Morgan fingerprint density at radius 3 is 2.75 bits per heavy atom. The van der Waals surface area contributed by atoms with Crippen LogP contribution in [0.3, 0.4) is 0 Å². The summed E-state index contributed by atoms with van der Waals surface area (Å²) in [4.78, 5) is 4.08. The summed E-state index contributed by atoms with van der Waals surface area (Å²) in [6.45, 7) is 0.